The molecular weight excluding hydrogens is 407 g/mol. The number of aromatic nitrogens is 2. The molecule has 1 aromatic heterocycles. The number of esters is 1. The smallest absolute Gasteiger partial charge is 0.328 e. The van der Waals surface area contributed by atoms with Crippen LogP contribution in [0, 0.1) is 0 Å². The van der Waals surface area contributed by atoms with Gasteiger partial charge < -0.3 is 9.30 Å². The Morgan fingerprint density at radius 1 is 1.11 bits per heavy atom. The Hall–Kier alpha value is -1.75. The normalized spacial score (nSPS) is 12.4. The number of fused-ring (bicyclic) bond motifs is 1. The molecule has 1 heterocycles. The highest BCUT2D eigenvalue weighted by Crippen LogP contribution is 2.39. The highest BCUT2D eigenvalue weighted by atomic mass is 35.5. The Kier molecular flexibility index (Phi) is 5.99. The van der Waals surface area contributed by atoms with Gasteiger partial charge in [0.05, 0.1) is 33.2 Å². The summed E-state index contributed by atoms with van der Waals surface area (Å²) < 4.78 is 6.95. The molecule has 0 aliphatic rings. The maximum Gasteiger partial charge on any atom is 0.328 e. The molecule has 0 aliphatic carbocycles. The van der Waals surface area contributed by atoms with Crippen LogP contribution in [0.2, 0.25) is 15.1 Å². The van der Waals surface area contributed by atoms with Gasteiger partial charge in [0, 0.05) is 17.5 Å². The van der Waals surface area contributed by atoms with Gasteiger partial charge in [-0.25, -0.2) is 9.78 Å². The lowest BCUT2D eigenvalue weighted by Crippen LogP contribution is -2.21. The molecule has 0 saturated heterocycles. The second-order valence-corrected chi connectivity index (χ2v) is 7.34. The Balaban J connectivity index is 2.30. The predicted molar refractivity (Wildman–Crippen MR) is 111 cm³/mol. The minimum atomic E-state index is -0.436. The van der Waals surface area contributed by atoms with E-state index in [2.05, 4.69) is 0 Å². The van der Waals surface area contributed by atoms with Crippen LogP contribution in [-0.4, -0.2) is 22.6 Å². The van der Waals surface area contributed by atoms with Gasteiger partial charge in [-0.2, -0.15) is 0 Å². The standard InChI is InChI=1S/C20H19Cl3N2O2/c1-4-16(20(26)27-3)25-17-8-6-7-11(19(17)24-18(25)5-2)12-9-14(22)15(23)10-13(12)21/h6-10,16H,4-5H2,1-3H3. The first-order valence-corrected chi connectivity index (χ1v) is 9.78. The van der Waals surface area contributed by atoms with E-state index in [1.165, 1.54) is 7.11 Å². The van der Waals surface area contributed by atoms with Gasteiger partial charge in [0.15, 0.2) is 0 Å². The number of para-hydroxylation sites is 1. The predicted octanol–water partition coefficient (Wildman–Crippen LogP) is 6.35. The van der Waals surface area contributed by atoms with E-state index < -0.39 is 6.04 Å². The van der Waals surface area contributed by atoms with Crippen molar-refractivity contribution in [1.29, 1.82) is 0 Å². The molecule has 2 aromatic carbocycles. The summed E-state index contributed by atoms with van der Waals surface area (Å²) in [5, 5.41) is 1.31. The summed E-state index contributed by atoms with van der Waals surface area (Å²) in [6.45, 7) is 3.96. The maximum absolute atomic E-state index is 12.3. The Bertz CT molecular complexity index is 1010. The average molecular weight is 426 g/mol. The summed E-state index contributed by atoms with van der Waals surface area (Å²) in [4.78, 5) is 17.1. The number of carbonyl (C=O) groups is 1. The van der Waals surface area contributed by atoms with Crippen LogP contribution in [0.25, 0.3) is 22.2 Å². The van der Waals surface area contributed by atoms with Crippen molar-refractivity contribution in [2.24, 2.45) is 0 Å². The fraction of sp³-hybridized carbons (Fsp3) is 0.300. The largest absolute Gasteiger partial charge is 0.467 e. The van der Waals surface area contributed by atoms with Crippen LogP contribution in [0.3, 0.4) is 0 Å². The van der Waals surface area contributed by atoms with Gasteiger partial charge in [0.2, 0.25) is 0 Å². The van der Waals surface area contributed by atoms with Crippen LogP contribution >= 0.6 is 34.8 Å². The summed E-state index contributed by atoms with van der Waals surface area (Å²) in [7, 11) is 1.40. The molecule has 0 N–H and O–H groups in total. The summed E-state index contributed by atoms with van der Waals surface area (Å²) >= 11 is 18.7. The van der Waals surface area contributed by atoms with Gasteiger partial charge in [0.25, 0.3) is 0 Å². The third-order valence-electron chi connectivity index (χ3n) is 4.58. The number of carbonyl (C=O) groups excluding carboxylic acids is 1. The number of benzene rings is 2. The number of ether oxygens (including phenoxy) is 1. The molecule has 4 nitrogen and oxygen atoms in total. The fourth-order valence-electron chi connectivity index (χ4n) is 3.30. The van der Waals surface area contributed by atoms with E-state index in [9.17, 15) is 4.79 Å². The van der Waals surface area contributed by atoms with Crippen molar-refractivity contribution in [2.75, 3.05) is 7.11 Å². The molecule has 1 atom stereocenters. The highest BCUT2D eigenvalue weighted by molar-refractivity contribution is 6.44. The van der Waals surface area contributed by atoms with Gasteiger partial charge in [0.1, 0.15) is 11.9 Å². The Labute approximate surface area is 173 Å². The van der Waals surface area contributed by atoms with Crippen molar-refractivity contribution >= 4 is 51.8 Å². The van der Waals surface area contributed by atoms with Crippen LogP contribution in [0.5, 0.6) is 0 Å². The lowest BCUT2D eigenvalue weighted by molar-refractivity contribution is -0.144. The third kappa shape index (κ3) is 3.54. The van der Waals surface area contributed by atoms with Crippen LogP contribution in [-0.2, 0) is 16.0 Å². The van der Waals surface area contributed by atoms with Crippen LogP contribution in [0.15, 0.2) is 30.3 Å². The van der Waals surface area contributed by atoms with Crippen molar-refractivity contribution in [2.45, 2.75) is 32.7 Å². The zero-order chi connectivity index (χ0) is 19.7. The van der Waals surface area contributed by atoms with Crippen molar-refractivity contribution in [3.05, 3.63) is 51.2 Å². The summed E-state index contributed by atoms with van der Waals surface area (Å²) in [5.74, 6) is 0.523. The van der Waals surface area contributed by atoms with Crippen LogP contribution in [0.1, 0.15) is 32.1 Å². The molecular formula is C20H19Cl3N2O2. The second kappa shape index (κ2) is 8.09. The monoisotopic (exact) mass is 424 g/mol. The zero-order valence-corrected chi connectivity index (χ0v) is 17.5. The van der Waals surface area contributed by atoms with E-state index in [0.717, 1.165) is 28.0 Å². The first-order valence-electron chi connectivity index (χ1n) is 8.65. The quantitative estimate of drug-likeness (QED) is 0.353. The number of imidazole rings is 1. The van der Waals surface area contributed by atoms with E-state index >= 15 is 0 Å². The number of hydrogen-bond acceptors (Lipinski definition) is 3. The van der Waals surface area contributed by atoms with Gasteiger partial charge in [-0.15, -0.1) is 0 Å². The first kappa shape index (κ1) is 20.0. The fourth-order valence-corrected chi connectivity index (χ4v) is 3.95. The minimum Gasteiger partial charge on any atom is -0.467 e. The molecule has 3 aromatic rings. The molecule has 0 amide bonds. The first-order chi connectivity index (χ1) is 12.9. The maximum atomic E-state index is 12.3. The molecule has 3 rings (SSSR count). The Morgan fingerprint density at radius 3 is 2.44 bits per heavy atom. The van der Waals surface area contributed by atoms with E-state index in [0.29, 0.717) is 27.9 Å². The number of methoxy groups -OCH3 is 1. The van der Waals surface area contributed by atoms with Gasteiger partial charge in [-0.05, 0) is 24.6 Å². The van der Waals surface area contributed by atoms with Gasteiger partial charge >= 0.3 is 5.97 Å². The molecule has 0 bridgehead atoms. The van der Waals surface area contributed by atoms with E-state index in [-0.39, 0.29) is 5.97 Å². The van der Waals surface area contributed by atoms with Crippen LogP contribution < -0.4 is 0 Å². The number of nitrogens with zero attached hydrogens (tertiary/aromatic N) is 2. The van der Waals surface area contributed by atoms with E-state index in [1.54, 1.807) is 12.1 Å². The van der Waals surface area contributed by atoms with E-state index in [4.69, 9.17) is 44.5 Å². The lowest BCUT2D eigenvalue weighted by Gasteiger charge is -2.18. The molecule has 0 spiro atoms. The van der Waals surface area contributed by atoms with Crippen molar-refractivity contribution in [3.8, 4) is 11.1 Å². The summed E-state index contributed by atoms with van der Waals surface area (Å²) in [6.07, 6.45) is 1.28. The van der Waals surface area contributed by atoms with Crippen molar-refractivity contribution in [3.63, 3.8) is 0 Å². The molecule has 1 unspecified atom stereocenters. The van der Waals surface area contributed by atoms with Gasteiger partial charge in [-0.1, -0.05) is 60.8 Å². The lowest BCUT2D eigenvalue weighted by atomic mass is 10.0. The third-order valence-corrected chi connectivity index (χ3v) is 5.62. The minimum absolute atomic E-state index is 0.288. The molecule has 27 heavy (non-hydrogen) atoms. The summed E-state index contributed by atoms with van der Waals surface area (Å²) in [5.41, 5.74) is 3.19. The molecule has 7 heteroatoms. The SMILES string of the molecule is CCc1nc2c(-c3cc(Cl)c(Cl)cc3Cl)cccc2n1C(CC)C(=O)OC. The number of halogens is 3. The molecule has 0 saturated carbocycles. The van der Waals surface area contributed by atoms with Gasteiger partial charge in [-0.3, -0.25) is 0 Å². The van der Waals surface area contributed by atoms with Crippen molar-refractivity contribution < 1.29 is 9.53 Å². The molecule has 0 radical (unpaired) electrons. The zero-order valence-electron chi connectivity index (χ0n) is 15.2. The second-order valence-electron chi connectivity index (χ2n) is 6.12. The number of hydrogen-bond donors (Lipinski definition) is 0. The summed E-state index contributed by atoms with van der Waals surface area (Å²) in [6, 6.07) is 8.72. The average Bonchev–Trinajstić information content (AvgIpc) is 3.04. The molecule has 142 valence electrons. The van der Waals surface area contributed by atoms with Crippen molar-refractivity contribution in [1.82, 2.24) is 9.55 Å². The number of rotatable bonds is 5. The number of aryl methyl sites for hydroxylation is 1. The highest BCUT2D eigenvalue weighted by Gasteiger charge is 2.25. The van der Waals surface area contributed by atoms with E-state index in [1.807, 2.05) is 36.6 Å². The topological polar surface area (TPSA) is 44.1 Å². The molecule has 0 fully saturated rings. The molecule has 0 aliphatic heterocycles. The van der Waals surface area contributed by atoms with Crippen LogP contribution in [0.4, 0.5) is 0 Å². The Morgan fingerprint density at radius 2 is 1.81 bits per heavy atom.